The van der Waals surface area contributed by atoms with Crippen molar-refractivity contribution in [3.8, 4) is 5.75 Å². The summed E-state index contributed by atoms with van der Waals surface area (Å²) in [6.45, 7) is 2.49. The zero-order valence-corrected chi connectivity index (χ0v) is 11.1. The number of nitrogens with zero attached hydrogens (tertiary/aromatic N) is 1. The summed E-state index contributed by atoms with van der Waals surface area (Å²) < 4.78 is 10.7. The van der Waals surface area contributed by atoms with E-state index in [-0.39, 0.29) is 6.04 Å². The standard InChI is InChI=1S/C14H22N2O2/c1-16(9-11-10-18-8-7-14(11)15)12-3-5-13(17-2)6-4-12/h3-6,11,14H,7-10,15H2,1-2H3. The van der Waals surface area contributed by atoms with Crippen LogP contribution < -0.4 is 15.4 Å². The van der Waals surface area contributed by atoms with Gasteiger partial charge in [-0.1, -0.05) is 0 Å². The van der Waals surface area contributed by atoms with Gasteiger partial charge in [0.15, 0.2) is 0 Å². The van der Waals surface area contributed by atoms with E-state index in [9.17, 15) is 0 Å². The molecule has 0 spiro atoms. The fourth-order valence-corrected chi connectivity index (χ4v) is 2.30. The Morgan fingerprint density at radius 2 is 2.11 bits per heavy atom. The van der Waals surface area contributed by atoms with Crippen molar-refractivity contribution in [2.45, 2.75) is 12.5 Å². The molecule has 2 atom stereocenters. The largest absolute Gasteiger partial charge is 0.497 e. The smallest absolute Gasteiger partial charge is 0.119 e. The quantitative estimate of drug-likeness (QED) is 0.879. The molecule has 2 unspecified atom stereocenters. The van der Waals surface area contributed by atoms with Crippen LogP contribution >= 0.6 is 0 Å². The molecule has 0 aromatic heterocycles. The van der Waals surface area contributed by atoms with Crippen LogP contribution in [0.25, 0.3) is 0 Å². The average Bonchev–Trinajstić information content (AvgIpc) is 2.41. The van der Waals surface area contributed by atoms with E-state index in [1.807, 2.05) is 12.1 Å². The lowest BCUT2D eigenvalue weighted by atomic mass is 9.96. The van der Waals surface area contributed by atoms with Gasteiger partial charge < -0.3 is 20.1 Å². The van der Waals surface area contributed by atoms with E-state index in [2.05, 4.69) is 24.1 Å². The van der Waals surface area contributed by atoms with E-state index < -0.39 is 0 Å². The van der Waals surface area contributed by atoms with Crippen molar-refractivity contribution in [2.24, 2.45) is 11.7 Å². The van der Waals surface area contributed by atoms with Crippen molar-refractivity contribution in [3.05, 3.63) is 24.3 Å². The molecule has 0 bridgehead atoms. The third kappa shape index (κ3) is 3.15. The van der Waals surface area contributed by atoms with E-state index in [0.717, 1.165) is 31.9 Å². The molecule has 1 heterocycles. The molecule has 1 fully saturated rings. The molecule has 1 aromatic carbocycles. The predicted molar refractivity (Wildman–Crippen MR) is 73.2 cm³/mol. The summed E-state index contributed by atoms with van der Waals surface area (Å²) in [6, 6.07) is 8.33. The lowest BCUT2D eigenvalue weighted by molar-refractivity contribution is 0.0450. The molecular weight excluding hydrogens is 228 g/mol. The van der Waals surface area contributed by atoms with Gasteiger partial charge in [-0.05, 0) is 30.7 Å². The Bertz CT molecular complexity index is 367. The second-order valence-electron chi connectivity index (χ2n) is 4.87. The third-order valence-electron chi connectivity index (χ3n) is 3.55. The lowest BCUT2D eigenvalue weighted by Gasteiger charge is -2.32. The SMILES string of the molecule is COc1ccc(N(C)CC2COCCC2N)cc1. The molecule has 1 aromatic rings. The third-order valence-corrected chi connectivity index (χ3v) is 3.55. The Hall–Kier alpha value is -1.26. The van der Waals surface area contributed by atoms with E-state index in [1.54, 1.807) is 7.11 Å². The highest BCUT2D eigenvalue weighted by molar-refractivity contribution is 5.48. The molecule has 4 nitrogen and oxygen atoms in total. The van der Waals surface area contributed by atoms with Crippen molar-refractivity contribution >= 4 is 5.69 Å². The highest BCUT2D eigenvalue weighted by atomic mass is 16.5. The number of hydrogen-bond donors (Lipinski definition) is 1. The fraction of sp³-hybridized carbons (Fsp3) is 0.571. The minimum absolute atomic E-state index is 0.249. The summed E-state index contributed by atoms with van der Waals surface area (Å²) in [6.07, 6.45) is 0.959. The van der Waals surface area contributed by atoms with Gasteiger partial charge in [0, 0.05) is 37.8 Å². The number of anilines is 1. The second-order valence-corrected chi connectivity index (χ2v) is 4.87. The average molecular weight is 250 g/mol. The van der Waals surface area contributed by atoms with Crippen LogP contribution in [0.3, 0.4) is 0 Å². The first-order chi connectivity index (χ1) is 8.70. The van der Waals surface area contributed by atoms with Gasteiger partial charge in [-0.15, -0.1) is 0 Å². The van der Waals surface area contributed by atoms with Gasteiger partial charge in [0.2, 0.25) is 0 Å². The molecule has 0 amide bonds. The Kier molecular flexibility index (Phi) is 4.44. The van der Waals surface area contributed by atoms with Crippen LogP contribution in [-0.4, -0.2) is 40.0 Å². The molecule has 1 saturated heterocycles. The molecule has 2 rings (SSSR count). The van der Waals surface area contributed by atoms with Crippen LogP contribution in [-0.2, 0) is 4.74 Å². The van der Waals surface area contributed by atoms with E-state index in [1.165, 1.54) is 5.69 Å². The maximum absolute atomic E-state index is 6.12. The Balaban J connectivity index is 1.95. The summed E-state index contributed by atoms with van der Waals surface area (Å²) in [7, 11) is 3.76. The molecule has 1 aliphatic rings. The molecular formula is C14H22N2O2. The molecule has 1 aliphatic heterocycles. The van der Waals surface area contributed by atoms with Gasteiger partial charge in [-0.2, -0.15) is 0 Å². The Labute approximate surface area is 109 Å². The molecule has 0 aliphatic carbocycles. The van der Waals surface area contributed by atoms with Gasteiger partial charge in [0.1, 0.15) is 5.75 Å². The maximum atomic E-state index is 6.12. The second kappa shape index (κ2) is 6.07. The van der Waals surface area contributed by atoms with E-state index in [4.69, 9.17) is 15.2 Å². The first-order valence-electron chi connectivity index (χ1n) is 6.39. The number of hydrogen-bond acceptors (Lipinski definition) is 4. The molecule has 100 valence electrons. The molecule has 18 heavy (non-hydrogen) atoms. The van der Waals surface area contributed by atoms with Crippen LogP contribution in [0.5, 0.6) is 5.75 Å². The van der Waals surface area contributed by atoms with Gasteiger partial charge in [0.05, 0.1) is 13.7 Å². The summed E-state index contributed by atoms with van der Waals surface area (Å²) in [5.74, 6) is 1.29. The minimum atomic E-state index is 0.249. The van der Waals surface area contributed by atoms with Gasteiger partial charge in [0.25, 0.3) is 0 Å². The molecule has 0 radical (unpaired) electrons. The number of nitrogens with two attached hydrogens (primary N) is 1. The topological polar surface area (TPSA) is 47.7 Å². The van der Waals surface area contributed by atoms with Gasteiger partial charge in [-0.3, -0.25) is 0 Å². The van der Waals surface area contributed by atoms with E-state index in [0.29, 0.717) is 5.92 Å². The summed E-state index contributed by atoms with van der Waals surface area (Å²) in [5.41, 5.74) is 7.30. The normalized spacial score (nSPS) is 23.7. The van der Waals surface area contributed by atoms with Crippen molar-refractivity contribution in [2.75, 3.05) is 38.8 Å². The number of benzene rings is 1. The number of ether oxygens (including phenoxy) is 2. The Morgan fingerprint density at radius 3 is 2.72 bits per heavy atom. The monoisotopic (exact) mass is 250 g/mol. The molecule has 4 heteroatoms. The van der Waals surface area contributed by atoms with Crippen molar-refractivity contribution in [1.29, 1.82) is 0 Å². The van der Waals surface area contributed by atoms with Crippen molar-refractivity contribution in [3.63, 3.8) is 0 Å². The summed E-state index contributed by atoms with van der Waals surface area (Å²) >= 11 is 0. The highest BCUT2D eigenvalue weighted by Gasteiger charge is 2.23. The fourth-order valence-electron chi connectivity index (χ4n) is 2.30. The van der Waals surface area contributed by atoms with Crippen LogP contribution in [0.15, 0.2) is 24.3 Å². The first-order valence-corrected chi connectivity index (χ1v) is 6.39. The molecule has 0 saturated carbocycles. The number of rotatable bonds is 4. The molecule has 2 N–H and O–H groups in total. The van der Waals surface area contributed by atoms with Gasteiger partial charge >= 0.3 is 0 Å². The van der Waals surface area contributed by atoms with Gasteiger partial charge in [-0.25, -0.2) is 0 Å². The minimum Gasteiger partial charge on any atom is -0.497 e. The first kappa shape index (κ1) is 13.2. The number of methoxy groups -OCH3 is 1. The van der Waals surface area contributed by atoms with Crippen LogP contribution in [0.1, 0.15) is 6.42 Å². The maximum Gasteiger partial charge on any atom is 0.119 e. The zero-order chi connectivity index (χ0) is 13.0. The van der Waals surface area contributed by atoms with E-state index >= 15 is 0 Å². The summed E-state index contributed by atoms with van der Waals surface area (Å²) in [4.78, 5) is 2.22. The Morgan fingerprint density at radius 1 is 1.39 bits per heavy atom. The highest BCUT2D eigenvalue weighted by Crippen LogP contribution is 2.21. The predicted octanol–water partition coefficient (Wildman–Crippen LogP) is 1.50. The van der Waals surface area contributed by atoms with Crippen molar-refractivity contribution in [1.82, 2.24) is 0 Å². The zero-order valence-electron chi connectivity index (χ0n) is 11.1. The van der Waals surface area contributed by atoms with Crippen LogP contribution in [0, 0.1) is 5.92 Å². The summed E-state index contributed by atoms with van der Waals surface area (Å²) in [5, 5.41) is 0. The van der Waals surface area contributed by atoms with Crippen molar-refractivity contribution < 1.29 is 9.47 Å². The van der Waals surface area contributed by atoms with Crippen LogP contribution in [0.2, 0.25) is 0 Å². The van der Waals surface area contributed by atoms with Crippen LogP contribution in [0.4, 0.5) is 5.69 Å². The lowest BCUT2D eigenvalue weighted by Crippen LogP contribution is -2.44.